The fourth-order valence-corrected chi connectivity index (χ4v) is 4.10. The van der Waals surface area contributed by atoms with Crippen molar-refractivity contribution in [3.05, 3.63) is 64.8 Å². The SMILES string of the molecule is O=C(O)CC1CCn2c1cc1cc(OCc3ccc(C(F)(F)F)cc3C(F)(F)F)ccc12. The van der Waals surface area contributed by atoms with Gasteiger partial charge in [-0.1, -0.05) is 6.07 Å². The number of nitrogens with zero attached hydrogens (tertiary/aromatic N) is 1. The minimum absolute atomic E-state index is 0.00776. The molecule has 170 valence electrons. The van der Waals surface area contributed by atoms with Crippen molar-refractivity contribution in [2.75, 3.05) is 0 Å². The summed E-state index contributed by atoms with van der Waals surface area (Å²) in [6, 6.07) is 8.21. The lowest BCUT2D eigenvalue weighted by atomic mass is 10.0. The van der Waals surface area contributed by atoms with Crippen molar-refractivity contribution in [3.63, 3.8) is 0 Å². The number of hydrogen-bond acceptors (Lipinski definition) is 2. The number of hydrogen-bond donors (Lipinski definition) is 1. The van der Waals surface area contributed by atoms with Crippen LogP contribution >= 0.6 is 0 Å². The molecule has 2 aromatic carbocycles. The molecule has 1 atom stereocenters. The Morgan fingerprint density at radius 3 is 2.44 bits per heavy atom. The summed E-state index contributed by atoms with van der Waals surface area (Å²) in [6.45, 7) is 0.102. The second-order valence-corrected chi connectivity index (χ2v) is 7.68. The van der Waals surface area contributed by atoms with Crippen LogP contribution in [0.5, 0.6) is 5.75 Å². The molecule has 0 saturated heterocycles. The summed E-state index contributed by atoms with van der Waals surface area (Å²) in [6.07, 6.45) is -9.14. The molecule has 2 heterocycles. The summed E-state index contributed by atoms with van der Waals surface area (Å²) in [7, 11) is 0. The van der Waals surface area contributed by atoms with E-state index in [2.05, 4.69) is 0 Å². The lowest BCUT2D eigenvalue weighted by molar-refractivity contribution is -0.143. The van der Waals surface area contributed by atoms with E-state index in [1.165, 1.54) is 0 Å². The molecule has 4 nitrogen and oxygen atoms in total. The molecule has 0 fully saturated rings. The van der Waals surface area contributed by atoms with Crippen molar-refractivity contribution in [3.8, 4) is 5.75 Å². The van der Waals surface area contributed by atoms with Crippen molar-refractivity contribution in [1.29, 1.82) is 0 Å². The number of carbonyl (C=O) groups is 1. The first-order valence-corrected chi connectivity index (χ1v) is 9.68. The average Bonchev–Trinajstić information content (AvgIpc) is 3.23. The van der Waals surface area contributed by atoms with Gasteiger partial charge in [0.1, 0.15) is 12.4 Å². The van der Waals surface area contributed by atoms with Gasteiger partial charge in [0.15, 0.2) is 0 Å². The number of carboxylic acids is 1. The maximum Gasteiger partial charge on any atom is 0.416 e. The lowest BCUT2D eigenvalue weighted by Gasteiger charge is -2.16. The number of aromatic nitrogens is 1. The number of aliphatic carboxylic acids is 1. The van der Waals surface area contributed by atoms with Crippen molar-refractivity contribution in [2.45, 2.75) is 44.3 Å². The molecule has 0 spiro atoms. The summed E-state index contributed by atoms with van der Waals surface area (Å²) in [5.41, 5.74) is -1.46. The molecule has 0 saturated carbocycles. The summed E-state index contributed by atoms with van der Waals surface area (Å²) in [5, 5.41) is 9.81. The fourth-order valence-electron chi connectivity index (χ4n) is 4.10. The van der Waals surface area contributed by atoms with Crippen LogP contribution in [-0.2, 0) is 30.3 Å². The van der Waals surface area contributed by atoms with Gasteiger partial charge in [-0.05, 0) is 42.8 Å². The van der Waals surface area contributed by atoms with Gasteiger partial charge in [0, 0.05) is 34.6 Å². The van der Waals surface area contributed by atoms with Crippen molar-refractivity contribution in [2.24, 2.45) is 0 Å². The number of rotatable bonds is 5. The molecule has 1 aliphatic rings. The third kappa shape index (κ3) is 4.26. The molecule has 3 aromatic rings. The van der Waals surface area contributed by atoms with Crippen LogP contribution in [0.2, 0.25) is 0 Å². The molecule has 4 rings (SSSR count). The van der Waals surface area contributed by atoms with Crippen molar-refractivity contribution >= 4 is 16.9 Å². The molecular weight excluding hydrogens is 440 g/mol. The van der Waals surface area contributed by atoms with Crippen LogP contribution < -0.4 is 4.74 Å². The van der Waals surface area contributed by atoms with E-state index in [-0.39, 0.29) is 24.2 Å². The van der Waals surface area contributed by atoms with E-state index in [1.807, 2.05) is 10.6 Å². The smallest absolute Gasteiger partial charge is 0.416 e. The number of benzene rings is 2. The van der Waals surface area contributed by atoms with Gasteiger partial charge in [0.2, 0.25) is 0 Å². The first-order valence-electron chi connectivity index (χ1n) is 9.68. The fraction of sp³-hybridized carbons (Fsp3) is 0.318. The molecule has 1 aliphatic heterocycles. The highest BCUT2D eigenvalue weighted by Crippen LogP contribution is 2.39. The van der Waals surface area contributed by atoms with E-state index in [1.54, 1.807) is 18.2 Å². The first kappa shape index (κ1) is 22.0. The van der Waals surface area contributed by atoms with Crippen LogP contribution in [0, 0.1) is 0 Å². The predicted molar refractivity (Wildman–Crippen MR) is 102 cm³/mol. The van der Waals surface area contributed by atoms with Crippen LogP contribution in [0.3, 0.4) is 0 Å². The summed E-state index contributed by atoms with van der Waals surface area (Å²) in [4.78, 5) is 11.1. The van der Waals surface area contributed by atoms with Crippen LogP contribution in [-0.4, -0.2) is 15.6 Å². The Morgan fingerprint density at radius 1 is 1.03 bits per heavy atom. The summed E-state index contributed by atoms with van der Waals surface area (Å²) in [5.74, 6) is -0.759. The van der Waals surface area contributed by atoms with E-state index in [0.29, 0.717) is 19.0 Å². The normalized spacial score (nSPS) is 16.4. The minimum atomic E-state index is -4.97. The topological polar surface area (TPSA) is 51.5 Å². The number of halogens is 6. The van der Waals surface area contributed by atoms with Gasteiger partial charge in [-0.3, -0.25) is 4.79 Å². The molecule has 0 amide bonds. The Hall–Kier alpha value is -3.17. The monoisotopic (exact) mass is 457 g/mol. The molecular formula is C22H17F6NO3. The zero-order valence-electron chi connectivity index (χ0n) is 16.4. The zero-order valence-corrected chi connectivity index (χ0v) is 16.4. The highest BCUT2D eigenvalue weighted by atomic mass is 19.4. The Labute approximate surface area is 178 Å². The van der Waals surface area contributed by atoms with Crippen LogP contribution in [0.1, 0.15) is 41.1 Å². The van der Waals surface area contributed by atoms with E-state index < -0.39 is 41.6 Å². The molecule has 0 bridgehead atoms. The number of fused-ring (bicyclic) bond motifs is 3. The number of carboxylic acid groups (broad SMARTS) is 1. The van der Waals surface area contributed by atoms with Crippen LogP contribution in [0.15, 0.2) is 42.5 Å². The van der Waals surface area contributed by atoms with Gasteiger partial charge in [-0.2, -0.15) is 26.3 Å². The Kier molecular flexibility index (Phi) is 5.34. The Balaban J connectivity index is 1.58. The Bertz CT molecular complexity index is 1180. The van der Waals surface area contributed by atoms with E-state index in [0.717, 1.165) is 22.7 Å². The van der Waals surface area contributed by atoms with E-state index >= 15 is 0 Å². The molecule has 0 aliphatic carbocycles. The third-order valence-electron chi connectivity index (χ3n) is 5.58. The molecule has 0 radical (unpaired) electrons. The van der Waals surface area contributed by atoms with Crippen molar-refractivity contribution in [1.82, 2.24) is 4.57 Å². The average molecular weight is 457 g/mol. The second kappa shape index (κ2) is 7.75. The first-order chi connectivity index (χ1) is 14.9. The van der Waals surface area contributed by atoms with Gasteiger partial charge in [-0.15, -0.1) is 0 Å². The molecule has 32 heavy (non-hydrogen) atoms. The molecule has 1 aromatic heterocycles. The lowest BCUT2D eigenvalue weighted by Crippen LogP contribution is -2.14. The van der Waals surface area contributed by atoms with Gasteiger partial charge in [0.05, 0.1) is 17.5 Å². The highest BCUT2D eigenvalue weighted by molar-refractivity contribution is 5.83. The highest BCUT2D eigenvalue weighted by Gasteiger charge is 2.38. The van der Waals surface area contributed by atoms with Crippen LogP contribution in [0.4, 0.5) is 26.3 Å². The number of aryl methyl sites for hydroxylation is 1. The van der Waals surface area contributed by atoms with E-state index in [9.17, 15) is 31.1 Å². The standard InChI is InChI=1S/C22H17F6NO3/c23-21(24,25)15-2-1-13(17(10-15)22(26,27)28)11-32-16-3-4-18-14(7-16)8-19-12(9-20(30)31)5-6-29(18)19/h1-4,7-8,10,12H,5-6,9,11H2,(H,30,31). The van der Waals surface area contributed by atoms with Gasteiger partial charge in [0.25, 0.3) is 0 Å². The number of ether oxygens (including phenoxy) is 1. The maximum absolute atomic E-state index is 13.3. The largest absolute Gasteiger partial charge is 0.489 e. The summed E-state index contributed by atoms with van der Waals surface area (Å²) >= 11 is 0. The van der Waals surface area contributed by atoms with Crippen molar-refractivity contribution < 1.29 is 41.0 Å². The van der Waals surface area contributed by atoms with Crippen LogP contribution in [0.25, 0.3) is 10.9 Å². The van der Waals surface area contributed by atoms with E-state index in [4.69, 9.17) is 9.84 Å². The van der Waals surface area contributed by atoms with Gasteiger partial charge in [-0.25, -0.2) is 0 Å². The molecule has 1 N–H and O–H groups in total. The number of alkyl halides is 6. The quantitative estimate of drug-likeness (QED) is 0.463. The predicted octanol–water partition coefficient (Wildman–Crippen LogP) is 6.22. The van der Waals surface area contributed by atoms with Gasteiger partial charge < -0.3 is 14.4 Å². The minimum Gasteiger partial charge on any atom is -0.489 e. The summed E-state index contributed by atoms with van der Waals surface area (Å²) < 4.78 is 85.8. The third-order valence-corrected chi connectivity index (χ3v) is 5.58. The van der Waals surface area contributed by atoms with Gasteiger partial charge >= 0.3 is 18.3 Å². The Morgan fingerprint density at radius 2 is 1.78 bits per heavy atom. The zero-order chi connectivity index (χ0) is 23.3. The second-order valence-electron chi connectivity index (χ2n) is 7.68. The molecule has 10 heteroatoms. The maximum atomic E-state index is 13.3. The molecule has 1 unspecified atom stereocenters.